The Morgan fingerprint density at radius 1 is 1.29 bits per heavy atom. The van der Waals surface area contributed by atoms with Crippen molar-refractivity contribution >= 4 is 0 Å². The lowest BCUT2D eigenvalue weighted by molar-refractivity contribution is 0.105. The molecule has 1 saturated carbocycles. The zero-order valence-corrected chi connectivity index (χ0v) is 11.2. The van der Waals surface area contributed by atoms with Gasteiger partial charge in [0.25, 0.3) is 0 Å². The van der Waals surface area contributed by atoms with Gasteiger partial charge in [-0.3, -0.25) is 0 Å². The van der Waals surface area contributed by atoms with Gasteiger partial charge in [-0.2, -0.15) is 5.26 Å². The summed E-state index contributed by atoms with van der Waals surface area (Å²) in [6, 6.07) is 2.75. The first-order chi connectivity index (χ1) is 8.21. The van der Waals surface area contributed by atoms with Crippen LogP contribution < -0.4 is 5.32 Å². The zero-order chi connectivity index (χ0) is 12.7. The van der Waals surface area contributed by atoms with Gasteiger partial charge >= 0.3 is 0 Å². The third kappa shape index (κ3) is 3.69. The van der Waals surface area contributed by atoms with Crippen LogP contribution in [0.25, 0.3) is 0 Å². The van der Waals surface area contributed by atoms with E-state index >= 15 is 0 Å². The summed E-state index contributed by atoms with van der Waals surface area (Å²) in [6.07, 6.45) is 6.50. The monoisotopic (exact) mass is 238 g/mol. The van der Waals surface area contributed by atoms with Crippen LogP contribution in [0, 0.1) is 22.7 Å². The predicted octanol–water partition coefficient (Wildman–Crippen LogP) is 2.46. The van der Waals surface area contributed by atoms with E-state index < -0.39 is 0 Å². The predicted molar refractivity (Wildman–Crippen MR) is 69.5 cm³/mol. The molecule has 0 heterocycles. The van der Waals surface area contributed by atoms with E-state index in [0.717, 1.165) is 32.2 Å². The Labute approximate surface area is 105 Å². The van der Waals surface area contributed by atoms with Gasteiger partial charge in [-0.25, -0.2) is 0 Å². The van der Waals surface area contributed by atoms with Gasteiger partial charge in [0.2, 0.25) is 0 Å². The van der Waals surface area contributed by atoms with Crippen LogP contribution in [0.4, 0.5) is 0 Å². The maximum Gasteiger partial charge on any atom is 0.0672 e. The molecule has 0 saturated heterocycles. The van der Waals surface area contributed by atoms with E-state index in [9.17, 15) is 5.11 Å². The summed E-state index contributed by atoms with van der Waals surface area (Å²) < 4.78 is 0. The van der Waals surface area contributed by atoms with Gasteiger partial charge in [-0.15, -0.1) is 0 Å². The van der Waals surface area contributed by atoms with Crippen molar-refractivity contribution in [3.8, 4) is 6.07 Å². The smallest absolute Gasteiger partial charge is 0.0672 e. The highest BCUT2D eigenvalue weighted by atomic mass is 16.3. The molecule has 3 nitrogen and oxygen atoms in total. The fourth-order valence-electron chi connectivity index (χ4n) is 2.66. The number of nitriles is 1. The maximum atomic E-state index is 9.52. The maximum absolute atomic E-state index is 9.52. The first kappa shape index (κ1) is 14.5. The second-order valence-corrected chi connectivity index (χ2v) is 5.37. The topological polar surface area (TPSA) is 56.0 Å². The average molecular weight is 238 g/mol. The minimum Gasteiger partial charge on any atom is -0.396 e. The van der Waals surface area contributed by atoms with Crippen molar-refractivity contribution in [2.24, 2.45) is 11.3 Å². The highest BCUT2D eigenvalue weighted by molar-refractivity contribution is 4.95. The van der Waals surface area contributed by atoms with E-state index in [1.54, 1.807) is 0 Å². The summed E-state index contributed by atoms with van der Waals surface area (Å²) in [5.74, 6) is 0.161. The molecule has 0 radical (unpaired) electrons. The highest BCUT2D eigenvalue weighted by Gasteiger charge is 2.29. The average Bonchev–Trinajstić information content (AvgIpc) is 2.41. The summed E-state index contributed by atoms with van der Waals surface area (Å²) in [5, 5.41) is 22.2. The second-order valence-electron chi connectivity index (χ2n) is 5.37. The van der Waals surface area contributed by atoms with E-state index in [1.165, 1.54) is 12.8 Å². The van der Waals surface area contributed by atoms with Gasteiger partial charge in [0.1, 0.15) is 0 Å². The van der Waals surface area contributed by atoms with Crippen LogP contribution in [-0.2, 0) is 0 Å². The number of rotatable bonds is 6. The molecule has 2 unspecified atom stereocenters. The summed E-state index contributed by atoms with van der Waals surface area (Å²) >= 11 is 0. The summed E-state index contributed by atoms with van der Waals surface area (Å²) in [6.45, 7) is 5.32. The number of nitrogens with one attached hydrogen (secondary N) is 1. The largest absolute Gasteiger partial charge is 0.396 e. The molecule has 0 amide bonds. The molecule has 0 aliphatic heterocycles. The van der Waals surface area contributed by atoms with Crippen LogP contribution in [-0.4, -0.2) is 24.3 Å². The molecule has 0 aromatic heterocycles. The Balaban J connectivity index is 2.50. The molecule has 1 aliphatic carbocycles. The van der Waals surface area contributed by atoms with Crippen molar-refractivity contribution in [2.45, 2.75) is 58.4 Å². The van der Waals surface area contributed by atoms with Crippen molar-refractivity contribution in [1.29, 1.82) is 5.26 Å². The fraction of sp³-hybridized carbons (Fsp3) is 0.929. The number of aliphatic hydroxyl groups excluding tert-OH is 1. The Kier molecular flexibility index (Phi) is 5.94. The van der Waals surface area contributed by atoms with Crippen LogP contribution >= 0.6 is 0 Å². The zero-order valence-electron chi connectivity index (χ0n) is 11.2. The molecule has 0 bridgehead atoms. The van der Waals surface area contributed by atoms with Gasteiger partial charge in [-0.05, 0) is 25.7 Å². The Morgan fingerprint density at radius 2 is 1.94 bits per heavy atom. The molecule has 0 aromatic carbocycles. The van der Waals surface area contributed by atoms with Crippen LogP contribution in [0.2, 0.25) is 0 Å². The Bertz CT molecular complexity index is 247. The van der Waals surface area contributed by atoms with Crippen molar-refractivity contribution in [3.05, 3.63) is 0 Å². The van der Waals surface area contributed by atoms with Crippen LogP contribution in [0.15, 0.2) is 0 Å². The van der Waals surface area contributed by atoms with Crippen LogP contribution in [0.1, 0.15) is 52.4 Å². The lowest BCUT2D eigenvalue weighted by Gasteiger charge is -2.34. The fourth-order valence-corrected chi connectivity index (χ4v) is 2.66. The molecule has 1 rings (SSSR count). The van der Waals surface area contributed by atoms with Gasteiger partial charge in [0.05, 0.1) is 12.0 Å². The molecular formula is C14H26N2O. The first-order valence-corrected chi connectivity index (χ1v) is 6.95. The summed E-state index contributed by atoms with van der Waals surface area (Å²) in [5.41, 5.74) is -0.00253. The van der Waals surface area contributed by atoms with E-state index in [0.29, 0.717) is 6.04 Å². The molecule has 3 heteroatoms. The molecule has 1 aliphatic rings. The normalized spacial score (nSPS) is 25.5. The number of hydrogen-bond acceptors (Lipinski definition) is 3. The number of aliphatic hydroxyl groups is 1. The van der Waals surface area contributed by atoms with Crippen molar-refractivity contribution in [3.63, 3.8) is 0 Å². The minimum atomic E-state index is -0.00253. The van der Waals surface area contributed by atoms with Crippen molar-refractivity contribution < 1.29 is 5.11 Å². The van der Waals surface area contributed by atoms with Crippen molar-refractivity contribution in [2.75, 3.05) is 13.2 Å². The Morgan fingerprint density at radius 3 is 2.47 bits per heavy atom. The molecule has 1 fully saturated rings. The van der Waals surface area contributed by atoms with Gasteiger partial charge < -0.3 is 10.4 Å². The molecule has 2 N–H and O–H groups in total. The quantitative estimate of drug-likeness (QED) is 0.747. The third-order valence-corrected chi connectivity index (χ3v) is 4.51. The molecule has 0 aromatic rings. The van der Waals surface area contributed by atoms with Crippen LogP contribution in [0.3, 0.4) is 0 Å². The minimum absolute atomic E-state index is 0.00253. The Hall–Kier alpha value is -0.590. The van der Waals surface area contributed by atoms with Gasteiger partial charge in [0.15, 0.2) is 0 Å². The molecule has 0 spiro atoms. The third-order valence-electron chi connectivity index (χ3n) is 4.51. The van der Waals surface area contributed by atoms with E-state index in [-0.39, 0.29) is 17.9 Å². The molecular weight excluding hydrogens is 212 g/mol. The number of nitrogens with zero attached hydrogens (tertiary/aromatic N) is 1. The molecule has 2 atom stereocenters. The second kappa shape index (κ2) is 6.98. The van der Waals surface area contributed by atoms with E-state index in [2.05, 4.69) is 25.2 Å². The van der Waals surface area contributed by atoms with E-state index in [4.69, 9.17) is 5.26 Å². The summed E-state index contributed by atoms with van der Waals surface area (Å²) in [4.78, 5) is 0. The van der Waals surface area contributed by atoms with Crippen LogP contribution in [0.5, 0.6) is 0 Å². The molecule has 17 heavy (non-hydrogen) atoms. The lowest BCUT2D eigenvalue weighted by Crippen LogP contribution is -2.45. The standard InChI is InChI=1S/C14H26N2O/c1-3-14(4-2,11-17)10-16-13-8-6-5-7-12(13)9-15/h12-13,16-17H,3-8,10-11H2,1-2H3. The summed E-state index contributed by atoms with van der Waals surface area (Å²) in [7, 11) is 0. The SMILES string of the molecule is CCC(CC)(CO)CNC1CCCCC1C#N. The lowest BCUT2D eigenvalue weighted by atomic mass is 9.81. The highest BCUT2D eigenvalue weighted by Crippen LogP contribution is 2.28. The van der Waals surface area contributed by atoms with Gasteiger partial charge in [-0.1, -0.05) is 26.7 Å². The van der Waals surface area contributed by atoms with E-state index in [1.807, 2.05) is 0 Å². The molecule has 98 valence electrons. The number of hydrogen-bond donors (Lipinski definition) is 2. The van der Waals surface area contributed by atoms with Crippen molar-refractivity contribution in [1.82, 2.24) is 5.32 Å². The van der Waals surface area contributed by atoms with Gasteiger partial charge in [0, 0.05) is 24.6 Å². The first-order valence-electron chi connectivity index (χ1n) is 6.95.